The number of halogens is 1. The van der Waals surface area contributed by atoms with E-state index in [0.717, 1.165) is 0 Å². The monoisotopic (exact) mass is 344 g/mol. The second-order valence-electron chi connectivity index (χ2n) is 4.71. The SMILES string of the molecule is COc1cc(C=C(C#N)c2ccc([N+](=O)[O-])cc2)cc(Cl)c1OC. The first-order valence-corrected chi connectivity index (χ1v) is 7.16. The predicted molar refractivity (Wildman–Crippen MR) is 91.1 cm³/mol. The largest absolute Gasteiger partial charge is 0.493 e. The van der Waals surface area contributed by atoms with E-state index in [4.69, 9.17) is 21.1 Å². The van der Waals surface area contributed by atoms with Crippen molar-refractivity contribution in [2.24, 2.45) is 0 Å². The third-order valence-corrected chi connectivity index (χ3v) is 3.56. The standard InChI is InChI=1S/C17H13ClN2O4/c1-23-16-9-11(8-15(18)17(16)24-2)7-13(10-19)12-3-5-14(6-4-12)20(21)22/h3-9H,1-2H3. The van der Waals surface area contributed by atoms with Crippen LogP contribution in [0.3, 0.4) is 0 Å². The molecule has 0 fully saturated rings. The summed E-state index contributed by atoms with van der Waals surface area (Å²) in [7, 11) is 2.97. The smallest absolute Gasteiger partial charge is 0.269 e. The van der Waals surface area contributed by atoms with Crippen LogP contribution in [0, 0.1) is 21.4 Å². The van der Waals surface area contributed by atoms with E-state index in [9.17, 15) is 15.4 Å². The number of hydrogen-bond acceptors (Lipinski definition) is 5. The molecule has 2 aromatic rings. The number of benzene rings is 2. The number of nitrogens with zero attached hydrogens (tertiary/aromatic N) is 2. The Morgan fingerprint density at radius 3 is 2.42 bits per heavy atom. The Hall–Kier alpha value is -3.04. The van der Waals surface area contributed by atoms with Crippen molar-refractivity contribution in [1.29, 1.82) is 5.26 Å². The van der Waals surface area contributed by atoms with Crippen molar-refractivity contribution in [3.63, 3.8) is 0 Å². The second kappa shape index (κ2) is 7.49. The van der Waals surface area contributed by atoms with Gasteiger partial charge in [-0.3, -0.25) is 10.1 Å². The van der Waals surface area contributed by atoms with Crippen LogP contribution in [-0.4, -0.2) is 19.1 Å². The van der Waals surface area contributed by atoms with Crippen molar-refractivity contribution < 1.29 is 14.4 Å². The molecule has 0 unspecified atom stereocenters. The van der Waals surface area contributed by atoms with Crippen LogP contribution in [0.4, 0.5) is 5.69 Å². The number of non-ortho nitro benzene ring substituents is 1. The van der Waals surface area contributed by atoms with Gasteiger partial charge in [0, 0.05) is 12.1 Å². The van der Waals surface area contributed by atoms with Gasteiger partial charge in [0.05, 0.1) is 35.8 Å². The van der Waals surface area contributed by atoms with Gasteiger partial charge >= 0.3 is 0 Å². The van der Waals surface area contributed by atoms with Crippen LogP contribution in [0.25, 0.3) is 11.6 Å². The van der Waals surface area contributed by atoms with Gasteiger partial charge in [-0.25, -0.2) is 0 Å². The summed E-state index contributed by atoms with van der Waals surface area (Å²) in [6.07, 6.45) is 1.62. The van der Waals surface area contributed by atoms with Gasteiger partial charge in [0.25, 0.3) is 5.69 Å². The molecule has 0 bridgehead atoms. The molecule has 2 rings (SSSR count). The molecular weight excluding hydrogens is 332 g/mol. The molecule has 0 amide bonds. The first kappa shape index (κ1) is 17.3. The van der Waals surface area contributed by atoms with Crippen LogP contribution in [0.15, 0.2) is 36.4 Å². The van der Waals surface area contributed by atoms with E-state index >= 15 is 0 Å². The molecule has 0 saturated heterocycles. The minimum Gasteiger partial charge on any atom is -0.493 e. The fraction of sp³-hybridized carbons (Fsp3) is 0.118. The van der Waals surface area contributed by atoms with Crippen molar-refractivity contribution in [1.82, 2.24) is 0 Å². The highest BCUT2D eigenvalue weighted by Gasteiger charge is 2.11. The van der Waals surface area contributed by atoms with Crippen LogP contribution in [0.2, 0.25) is 5.02 Å². The van der Waals surface area contributed by atoms with Crippen molar-refractivity contribution >= 4 is 28.9 Å². The third kappa shape index (κ3) is 3.65. The zero-order valence-corrected chi connectivity index (χ0v) is 13.7. The number of rotatable bonds is 5. The quantitative estimate of drug-likeness (QED) is 0.349. The lowest BCUT2D eigenvalue weighted by molar-refractivity contribution is -0.384. The summed E-state index contributed by atoms with van der Waals surface area (Å²) in [5.74, 6) is 0.849. The molecule has 2 aromatic carbocycles. The molecule has 122 valence electrons. The van der Waals surface area contributed by atoms with E-state index in [2.05, 4.69) is 6.07 Å². The number of nitro benzene ring substituents is 1. The average Bonchev–Trinajstić information content (AvgIpc) is 2.59. The first-order valence-electron chi connectivity index (χ1n) is 6.78. The Kier molecular flexibility index (Phi) is 5.40. The van der Waals surface area contributed by atoms with Gasteiger partial charge in [0.1, 0.15) is 0 Å². The number of hydrogen-bond donors (Lipinski definition) is 0. The van der Waals surface area contributed by atoms with E-state index < -0.39 is 4.92 Å². The van der Waals surface area contributed by atoms with Crippen LogP contribution in [-0.2, 0) is 0 Å². The Balaban J connectivity index is 2.46. The number of ether oxygens (including phenoxy) is 2. The summed E-state index contributed by atoms with van der Waals surface area (Å²) in [5.41, 5.74) is 1.51. The number of nitro groups is 1. The molecule has 0 heterocycles. The lowest BCUT2D eigenvalue weighted by Crippen LogP contribution is -1.92. The van der Waals surface area contributed by atoms with E-state index in [1.807, 2.05) is 0 Å². The molecule has 0 aliphatic carbocycles. The molecule has 24 heavy (non-hydrogen) atoms. The minimum atomic E-state index is -0.492. The molecule has 7 heteroatoms. The molecule has 6 nitrogen and oxygen atoms in total. The van der Waals surface area contributed by atoms with Crippen molar-refractivity contribution in [3.8, 4) is 17.6 Å². The summed E-state index contributed by atoms with van der Waals surface area (Å²) >= 11 is 6.15. The zero-order chi connectivity index (χ0) is 17.7. The van der Waals surface area contributed by atoms with E-state index in [0.29, 0.717) is 33.2 Å². The van der Waals surface area contributed by atoms with Gasteiger partial charge in [-0.2, -0.15) is 5.26 Å². The van der Waals surface area contributed by atoms with Gasteiger partial charge in [0.2, 0.25) is 0 Å². The average molecular weight is 345 g/mol. The van der Waals surface area contributed by atoms with Crippen LogP contribution < -0.4 is 9.47 Å². The molecular formula is C17H13ClN2O4. The van der Waals surface area contributed by atoms with Crippen molar-refractivity contribution in [2.45, 2.75) is 0 Å². The number of methoxy groups -OCH3 is 2. The molecule has 0 aromatic heterocycles. The molecule has 0 N–H and O–H groups in total. The maximum absolute atomic E-state index is 10.7. The molecule has 0 atom stereocenters. The maximum Gasteiger partial charge on any atom is 0.269 e. The van der Waals surface area contributed by atoms with Crippen LogP contribution in [0.1, 0.15) is 11.1 Å². The summed E-state index contributed by atoms with van der Waals surface area (Å²) in [6, 6.07) is 11.2. The molecule has 0 saturated carbocycles. The van der Waals surface area contributed by atoms with Crippen molar-refractivity contribution in [3.05, 3.63) is 62.7 Å². The molecule has 0 spiro atoms. The second-order valence-corrected chi connectivity index (χ2v) is 5.12. The zero-order valence-electron chi connectivity index (χ0n) is 12.9. The molecule has 0 aliphatic heterocycles. The van der Waals surface area contributed by atoms with Gasteiger partial charge in [-0.05, 0) is 41.5 Å². The topological polar surface area (TPSA) is 85.4 Å². The number of nitriles is 1. The summed E-state index contributed by atoms with van der Waals surface area (Å²) in [4.78, 5) is 10.2. The van der Waals surface area contributed by atoms with Gasteiger partial charge in [0.15, 0.2) is 11.5 Å². The molecule has 0 radical (unpaired) electrons. The fourth-order valence-electron chi connectivity index (χ4n) is 2.13. The van der Waals surface area contributed by atoms with E-state index in [1.54, 1.807) is 18.2 Å². The normalized spacial score (nSPS) is 10.8. The van der Waals surface area contributed by atoms with Gasteiger partial charge < -0.3 is 9.47 Å². The maximum atomic E-state index is 10.7. The Bertz CT molecular complexity index is 839. The van der Waals surface area contributed by atoms with Crippen LogP contribution in [0.5, 0.6) is 11.5 Å². The minimum absolute atomic E-state index is 0.0369. The highest BCUT2D eigenvalue weighted by molar-refractivity contribution is 6.32. The van der Waals surface area contributed by atoms with Crippen LogP contribution >= 0.6 is 11.6 Å². The highest BCUT2D eigenvalue weighted by atomic mass is 35.5. The van der Waals surface area contributed by atoms with E-state index in [1.165, 1.54) is 38.5 Å². The fourth-order valence-corrected chi connectivity index (χ4v) is 2.43. The van der Waals surface area contributed by atoms with Gasteiger partial charge in [-0.15, -0.1) is 0 Å². The predicted octanol–water partition coefficient (Wildman–Crippen LogP) is 4.33. The lowest BCUT2D eigenvalue weighted by atomic mass is 10.0. The Morgan fingerprint density at radius 1 is 1.25 bits per heavy atom. The highest BCUT2D eigenvalue weighted by Crippen LogP contribution is 2.37. The Labute approximate surface area is 143 Å². The van der Waals surface area contributed by atoms with E-state index in [-0.39, 0.29) is 5.69 Å². The summed E-state index contributed by atoms with van der Waals surface area (Å²) < 4.78 is 10.4. The van der Waals surface area contributed by atoms with Gasteiger partial charge in [-0.1, -0.05) is 11.6 Å². The number of allylic oxidation sites excluding steroid dienone is 1. The summed E-state index contributed by atoms with van der Waals surface area (Å²) in [6.45, 7) is 0. The first-order chi connectivity index (χ1) is 11.5. The molecule has 0 aliphatic rings. The summed E-state index contributed by atoms with van der Waals surface area (Å²) in [5, 5.41) is 20.4. The third-order valence-electron chi connectivity index (χ3n) is 3.28. The lowest BCUT2D eigenvalue weighted by Gasteiger charge is -2.10. The Morgan fingerprint density at radius 2 is 1.92 bits per heavy atom. The van der Waals surface area contributed by atoms with Crippen molar-refractivity contribution in [2.75, 3.05) is 14.2 Å².